The second-order valence-corrected chi connectivity index (χ2v) is 4.78. The summed E-state index contributed by atoms with van der Waals surface area (Å²) in [6, 6.07) is 6.27. The summed E-state index contributed by atoms with van der Waals surface area (Å²) in [7, 11) is 0. The molecule has 2 heterocycles. The molecule has 0 atom stereocenters. The molecule has 22 heavy (non-hydrogen) atoms. The van der Waals surface area contributed by atoms with Gasteiger partial charge in [0.2, 0.25) is 0 Å². The Bertz CT molecular complexity index is 801. The molecule has 1 aliphatic heterocycles. The number of benzene rings is 1. The topological polar surface area (TPSA) is 40.5 Å². The molecule has 8 heteroatoms. The molecule has 1 aliphatic rings. The van der Waals surface area contributed by atoms with Crippen LogP contribution in [0.3, 0.4) is 0 Å². The van der Waals surface area contributed by atoms with Gasteiger partial charge in [0.15, 0.2) is 11.5 Å². The van der Waals surface area contributed by atoms with Crippen molar-refractivity contribution in [3.05, 3.63) is 52.4 Å². The maximum absolute atomic E-state index is 13.2. The van der Waals surface area contributed by atoms with Crippen molar-refractivity contribution in [2.24, 2.45) is 0 Å². The molecule has 116 valence electrons. The molecule has 0 saturated heterocycles. The summed E-state index contributed by atoms with van der Waals surface area (Å²) < 4.78 is 61.7. The monoisotopic (exact) mass is 315 g/mol. The number of fused-ring (bicyclic) bond motifs is 1. The highest BCUT2D eigenvalue weighted by Crippen LogP contribution is 2.47. The summed E-state index contributed by atoms with van der Waals surface area (Å²) >= 11 is 0. The molecule has 0 radical (unpaired) electrons. The number of halogens is 4. The van der Waals surface area contributed by atoms with Crippen LogP contribution in [0.2, 0.25) is 0 Å². The van der Waals surface area contributed by atoms with E-state index < -0.39 is 29.3 Å². The van der Waals surface area contributed by atoms with Crippen molar-refractivity contribution < 1.29 is 27.0 Å². The van der Waals surface area contributed by atoms with Gasteiger partial charge in [-0.25, -0.2) is 0 Å². The first kappa shape index (κ1) is 14.4. The van der Waals surface area contributed by atoms with Gasteiger partial charge in [-0.2, -0.15) is 17.6 Å². The van der Waals surface area contributed by atoms with E-state index in [2.05, 4.69) is 9.47 Å². The zero-order valence-corrected chi connectivity index (χ0v) is 11.1. The van der Waals surface area contributed by atoms with Crippen LogP contribution in [0.1, 0.15) is 5.56 Å². The molecule has 0 amide bonds. The van der Waals surface area contributed by atoms with Crippen LogP contribution in [0.5, 0.6) is 11.5 Å². The Labute approximate surface area is 121 Å². The lowest BCUT2D eigenvalue weighted by molar-refractivity contribution is -0.391. The molecule has 0 spiro atoms. The Kier molecular flexibility index (Phi) is 2.95. The van der Waals surface area contributed by atoms with Gasteiger partial charge >= 0.3 is 12.2 Å². The minimum atomic E-state index is -4.80. The Hall–Kier alpha value is -2.51. The molecular weight excluding hydrogens is 306 g/mol. The van der Waals surface area contributed by atoms with E-state index >= 15 is 0 Å². The fourth-order valence-electron chi connectivity index (χ4n) is 2.00. The minimum Gasteiger partial charge on any atom is -0.421 e. The standard InChI is InChI=1S/C14H9F4NO3/c1-8-2-5-12(20)19(7-8)9-3-4-10-11(6-9)22-14(17,18)13(15,16)21-10/h2-7H,1H3. The average Bonchev–Trinajstić information content (AvgIpc) is 2.42. The summed E-state index contributed by atoms with van der Waals surface area (Å²) in [6.45, 7) is 1.74. The predicted octanol–water partition coefficient (Wildman–Crippen LogP) is 3.10. The van der Waals surface area contributed by atoms with Gasteiger partial charge in [-0.3, -0.25) is 9.36 Å². The van der Waals surface area contributed by atoms with Crippen LogP contribution in [0.15, 0.2) is 41.3 Å². The summed E-state index contributed by atoms with van der Waals surface area (Å²) in [4.78, 5) is 11.8. The van der Waals surface area contributed by atoms with Crippen LogP contribution < -0.4 is 15.0 Å². The van der Waals surface area contributed by atoms with Crippen molar-refractivity contribution in [2.45, 2.75) is 19.1 Å². The van der Waals surface area contributed by atoms with E-state index in [1.165, 1.54) is 22.9 Å². The first-order chi connectivity index (χ1) is 10.2. The minimum absolute atomic E-state index is 0.192. The molecule has 0 N–H and O–H groups in total. The summed E-state index contributed by atoms with van der Waals surface area (Å²) in [5, 5.41) is 0. The highest BCUT2D eigenvalue weighted by molar-refractivity contribution is 5.50. The molecule has 1 aromatic heterocycles. The lowest BCUT2D eigenvalue weighted by Gasteiger charge is -2.32. The SMILES string of the molecule is Cc1ccc(=O)n(-c2ccc3c(c2)OC(F)(F)C(F)(F)O3)c1. The normalized spacial score (nSPS) is 18.0. The number of nitrogens with zero attached hydrogens (tertiary/aromatic N) is 1. The Morgan fingerprint density at radius 1 is 0.955 bits per heavy atom. The Morgan fingerprint density at radius 2 is 1.59 bits per heavy atom. The Morgan fingerprint density at radius 3 is 2.27 bits per heavy atom. The van der Waals surface area contributed by atoms with E-state index in [0.29, 0.717) is 0 Å². The van der Waals surface area contributed by atoms with Gasteiger partial charge in [-0.05, 0) is 24.6 Å². The molecule has 4 nitrogen and oxygen atoms in total. The summed E-state index contributed by atoms with van der Waals surface area (Å²) in [6.07, 6.45) is -8.07. The van der Waals surface area contributed by atoms with Crippen LogP contribution >= 0.6 is 0 Å². The molecule has 1 aromatic carbocycles. The maximum atomic E-state index is 13.2. The smallest absolute Gasteiger partial charge is 0.421 e. The average molecular weight is 315 g/mol. The maximum Gasteiger partial charge on any atom is 0.507 e. The molecule has 0 saturated carbocycles. The molecule has 0 fully saturated rings. The number of hydrogen-bond acceptors (Lipinski definition) is 3. The molecule has 0 unspecified atom stereocenters. The lowest BCUT2D eigenvalue weighted by atomic mass is 10.2. The van der Waals surface area contributed by atoms with Crippen LogP contribution in [0.25, 0.3) is 5.69 Å². The second-order valence-electron chi connectivity index (χ2n) is 4.78. The number of ether oxygens (including phenoxy) is 2. The molecular formula is C14H9F4NO3. The number of alkyl halides is 4. The third kappa shape index (κ3) is 2.20. The van der Waals surface area contributed by atoms with Gasteiger partial charge in [0.05, 0.1) is 5.69 Å². The van der Waals surface area contributed by atoms with E-state index in [1.807, 2.05) is 0 Å². The zero-order valence-electron chi connectivity index (χ0n) is 11.1. The fraction of sp³-hybridized carbons (Fsp3) is 0.214. The quantitative estimate of drug-likeness (QED) is 0.759. The first-order valence-electron chi connectivity index (χ1n) is 6.17. The van der Waals surface area contributed by atoms with E-state index in [0.717, 1.165) is 17.7 Å². The summed E-state index contributed by atoms with van der Waals surface area (Å²) in [5.41, 5.74) is 0.544. The lowest BCUT2D eigenvalue weighted by Crippen LogP contribution is -2.52. The van der Waals surface area contributed by atoms with Crippen LogP contribution in [0.4, 0.5) is 17.6 Å². The van der Waals surface area contributed by atoms with Crippen LogP contribution in [-0.4, -0.2) is 16.8 Å². The predicted molar refractivity (Wildman–Crippen MR) is 67.9 cm³/mol. The van der Waals surface area contributed by atoms with Crippen molar-refractivity contribution in [3.8, 4) is 17.2 Å². The number of rotatable bonds is 1. The highest BCUT2D eigenvalue weighted by Gasteiger charge is 2.65. The highest BCUT2D eigenvalue weighted by atomic mass is 19.3. The Balaban J connectivity index is 2.10. The zero-order chi connectivity index (χ0) is 16.1. The van der Waals surface area contributed by atoms with E-state index in [4.69, 9.17) is 0 Å². The van der Waals surface area contributed by atoms with Gasteiger partial charge in [-0.15, -0.1) is 0 Å². The number of pyridine rings is 1. The van der Waals surface area contributed by atoms with Crippen molar-refractivity contribution >= 4 is 0 Å². The third-order valence-electron chi connectivity index (χ3n) is 3.08. The third-order valence-corrected chi connectivity index (χ3v) is 3.08. The molecule has 3 rings (SSSR count). The van der Waals surface area contributed by atoms with Gasteiger partial charge in [0.25, 0.3) is 5.56 Å². The second kappa shape index (κ2) is 4.49. The van der Waals surface area contributed by atoms with Crippen LogP contribution in [0, 0.1) is 6.92 Å². The molecule has 0 bridgehead atoms. The molecule has 0 aliphatic carbocycles. The number of aromatic nitrogens is 1. The van der Waals surface area contributed by atoms with Gasteiger partial charge in [-0.1, -0.05) is 6.07 Å². The van der Waals surface area contributed by atoms with E-state index in [1.54, 1.807) is 13.0 Å². The number of hydrogen-bond donors (Lipinski definition) is 0. The first-order valence-corrected chi connectivity index (χ1v) is 6.17. The van der Waals surface area contributed by atoms with Gasteiger partial charge in [0.1, 0.15) is 0 Å². The number of aryl methyl sites for hydroxylation is 1. The van der Waals surface area contributed by atoms with Crippen molar-refractivity contribution in [1.29, 1.82) is 0 Å². The molecule has 2 aromatic rings. The van der Waals surface area contributed by atoms with Crippen molar-refractivity contribution in [1.82, 2.24) is 4.57 Å². The van der Waals surface area contributed by atoms with E-state index in [9.17, 15) is 22.4 Å². The fourth-order valence-corrected chi connectivity index (χ4v) is 2.00. The van der Waals surface area contributed by atoms with Crippen molar-refractivity contribution in [2.75, 3.05) is 0 Å². The van der Waals surface area contributed by atoms with Crippen molar-refractivity contribution in [3.63, 3.8) is 0 Å². The van der Waals surface area contributed by atoms with Crippen LogP contribution in [-0.2, 0) is 0 Å². The van der Waals surface area contributed by atoms with E-state index in [-0.39, 0.29) is 5.69 Å². The van der Waals surface area contributed by atoms with Gasteiger partial charge < -0.3 is 9.47 Å². The summed E-state index contributed by atoms with van der Waals surface area (Å²) in [5.74, 6) is -1.10. The van der Waals surface area contributed by atoms with Gasteiger partial charge in [0, 0.05) is 18.3 Å². The largest absolute Gasteiger partial charge is 0.507 e.